The second-order valence-electron chi connectivity index (χ2n) is 2.32. The molecule has 0 amide bonds. The zero-order valence-electron chi connectivity index (χ0n) is 5.33. The Balaban J connectivity index is 2.20. The summed E-state index contributed by atoms with van der Waals surface area (Å²) in [7, 11) is 0. The molecule has 0 saturated carbocycles. The van der Waals surface area contributed by atoms with Crippen LogP contribution in [0.15, 0.2) is 30.3 Å². The lowest BCUT2D eigenvalue weighted by atomic mass is 10.2. The van der Waals surface area contributed by atoms with E-state index in [0.29, 0.717) is 0 Å². The standard InChI is InChI=1S/C8H7FO/c9-8-7(10-8)6-4-2-1-3-5-6/h1-5,7-8H/t7-,8-/m1/s1. The van der Waals surface area contributed by atoms with Crippen molar-refractivity contribution >= 4 is 0 Å². The summed E-state index contributed by atoms with van der Waals surface area (Å²) in [4.78, 5) is 0. The van der Waals surface area contributed by atoms with Crippen LogP contribution in [-0.2, 0) is 4.74 Å². The zero-order chi connectivity index (χ0) is 6.97. The largest absolute Gasteiger partial charge is 0.332 e. The molecule has 2 rings (SSSR count). The monoisotopic (exact) mass is 138 g/mol. The van der Waals surface area contributed by atoms with Gasteiger partial charge in [-0.2, -0.15) is 0 Å². The molecular formula is C8H7FO. The molecule has 1 aliphatic heterocycles. The highest BCUT2D eigenvalue weighted by Crippen LogP contribution is 2.38. The fourth-order valence-electron chi connectivity index (χ4n) is 0.967. The average molecular weight is 138 g/mol. The first-order valence-electron chi connectivity index (χ1n) is 3.22. The summed E-state index contributed by atoms with van der Waals surface area (Å²) in [5.41, 5.74) is 0.926. The number of hydrogen-bond donors (Lipinski definition) is 0. The number of rotatable bonds is 1. The van der Waals surface area contributed by atoms with E-state index in [-0.39, 0.29) is 6.10 Å². The van der Waals surface area contributed by atoms with E-state index in [1.54, 1.807) is 0 Å². The van der Waals surface area contributed by atoms with E-state index in [1.165, 1.54) is 0 Å². The highest BCUT2D eigenvalue weighted by Gasteiger charge is 2.40. The lowest BCUT2D eigenvalue weighted by Gasteiger charge is -1.89. The average Bonchev–Trinajstić information content (AvgIpc) is 2.69. The van der Waals surface area contributed by atoms with Gasteiger partial charge in [0.15, 0.2) is 0 Å². The molecule has 1 heterocycles. The normalized spacial score (nSPS) is 30.1. The van der Waals surface area contributed by atoms with Crippen LogP contribution >= 0.6 is 0 Å². The highest BCUT2D eigenvalue weighted by molar-refractivity contribution is 5.20. The fraction of sp³-hybridized carbons (Fsp3) is 0.250. The van der Waals surface area contributed by atoms with Gasteiger partial charge in [-0.3, -0.25) is 0 Å². The van der Waals surface area contributed by atoms with Gasteiger partial charge in [0.1, 0.15) is 6.10 Å². The predicted molar refractivity (Wildman–Crippen MR) is 35.2 cm³/mol. The van der Waals surface area contributed by atoms with E-state index >= 15 is 0 Å². The van der Waals surface area contributed by atoms with Crippen molar-refractivity contribution in [2.45, 2.75) is 12.5 Å². The first-order valence-corrected chi connectivity index (χ1v) is 3.22. The lowest BCUT2D eigenvalue weighted by Crippen LogP contribution is -1.79. The predicted octanol–water partition coefficient (Wildman–Crippen LogP) is 2.05. The molecule has 1 nitrogen and oxygen atoms in total. The quantitative estimate of drug-likeness (QED) is 0.541. The molecule has 2 heteroatoms. The van der Waals surface area contributed by atoms with Crippen LogP contribution in [0.1, 0.15) is 11.7 Å². The molecule has 1 aromatic rings. The summed E-state index contributed by atoms with van der Waals surface area (Å²) in [5, 5.41) is 0. The van der Waals surface area contributed by atoms with Gasteiger partial charge in [0.25, 0.3) is 0 Å². The molecule has 0 unspecified atom stereocenters. The van der Waals surface area contributed by atoms with Gasteiger partial charge < -0.3 is 4.74 Å². The minimum absolute atomic E-state index is 0.291. The number of ether oxygens (including phenoxy) is 1. The third-order valence-corrected chi connectivity index (χ3v) is 1.57. The molecule has 0 aliphatic carbocycles. The molecule has 0 aromatic heterocycles. The fourth-order valence-corrected chi connectivity index (χ4v) is 0.967. The van der Waals surface area contributed by atoms with Crippen LogP contribution in [0.2, 0.25) is 0 Å². The van der Waals surface area contributed by atoms with Crippen molar-refractivity contribution in [1.29, 1.82) is 0 Å². The molecule has 0 spiro atoms. The Bertz CT molecular complexity index is 222. The van der Waals surface area contributed by atoms with Crippen molar-refractivity contribution in [2.24, 2.45) is 0 Å². The summed E-state index contributed by atoms with van der Waals surface area (Å²) in [6.45, 7) is 0. The van der Waals surface area contributed by atoms with Crippen molar-refractivity contribution in [3.8, 4) is 0 Å². The molecule has 0 radical (unpaired) electrons. The van der Waals surface area contributed by atoms with Crippen LogP contribution < -0.4 is 0 Å². The molecular weight excluding hydrogens is 131 g/mol. The Labute approximate surface area is 58.4 Å². The third kappa shape index (κ3) is 0.907. The van der Waals surface area contributed by atoms with Gasteiger partial charge in [0, 0.05) is 0 Å². The van der Waals surface area contributed by atoms with Crippen molar-refractivity contribution in [3.05, 3.63) is 35.9 Å². The maximum atomic E-state index is 12.2. The minimum Gasteiger partial charge on any atom is -0.332 e. The SMILES string of the molecule is F[C@@H]1O[C@@H]1c1ccccc1. The number of epoxide rings is 1. The second kappa shape index (κ2) is 2.06. The van der Waals surface area contributed by atoms with Crippen LogP contribution in [0.4, 0.5) is 4.39 Å². The van der Waals surface area contributed by atoms with Crippen LogP contribution in [0.25, 0.3) is 0 Å². The highest BCUT2D eigenvalue weighted by atomic mass is 19.2. The van der Waals surface area contributed by atoms with Gasteiger partial charge in [0.05, 0.1) is 0 Å². The Morgan fingerprint density at radius 1 is 1.20 bits per heavy atom. The van der Waals surface area contributed by atoms with Crippen LogP contribution in [0, 0.1) is 0 Å². The molecule has 10 heavy (non-hydrogen) atoms. The van der Waals surface area contributed by atoms with Crippen LogP contribution in [0.3, 0.4) is 0 Å². The van der Waals surface area contributed by atoms with Gasteiger partial charge in [0.2, 0.25) is 6.36 Å². The molecule has 2 atom stereocenters. The van der Waals surface area contributed by atoms with E-state index in [2.05, 4.69) is 4.74 Å². The van der Waals surface area contributed by atoms with Crippen molar-refractivity contribution in [2.75, 3.05) is 0 Å². The molecule has 1 saturated heterocycles. The van der Waals surface area contributed by atoms with Gasteiger partial charge in [-0.05, 0) is 5.56 Å². The maximum Gasteiger partial charge on any atom is 0.230 e. The van der Waals surface area contributed by atoms with Crippen molar-refractivity contribution in [3.63, 3.8) is 0 Å². The van der Waals surface area contributed by atoms with Gasteiger partial charge in [-0.1, -0.05) is 30.3 Å². The van der Waals surface area contributed by atoms with Gasteiger partial charge in [-0.25, -0.2) is 4.39 Å². The summed E-state index contributed by atoms with van der Waals surface area (Å²) < 4.78 is 16.9. The number of hydrogen-bond acceptors (Lipinski definition) is 1. The molecule has 0 bridgehead atoms. The number of benzene rings is 1. The van der Waals surface area contributed by atoms with E-state index in [1.807, 2.05) is 30.3 Å². The van der Waals surface area contributed by atoms with Crippen molar-refractivity contribution in [1.82, 2.24) is 0 Å². The molecule has 1 aromatic carbocycles. The number of halogens is 1. The van der Waals surface area contributed by atoms with E-state index in [9.17, 15) is 4.39 Å². The Kier molecular flexibility index (Phi) is 1.21. The lowest BCUT2D eigenvalue weighted by molar-refractivity contribution is 0.265. The molecule has 1 fully saturated rings. The summed E-state index contributed by atoms with van der Waals surface area (Å²) >= 11 is 0. The minimum atomic E-state index is -1.07. The smallest absolute Gasteiger partial charge is 0.230 e. The second-order valence-corrected chi connectivity index (χ2v) is 2.32. The Morgan fingerprint density at radius 3 is 2.30 bits per heavy atom. The molecule has 52 valence electrons. The number of alkyl halides is 1. The third-order valence-electron chi connectivity index (χ3n) is 1.57. The Hall–Kier alpha value is -0.890. The van der Waals surface area contributed by atoms with Gasteiger partial charge >= 0.3 is 0 Å². The first-order chi connectivity index (χ1) is 4.88. The van der Waals surface area contributed by atoms with Crippen LogP contribution in [-0.4, -0.2) is 6.36 Å². The summed E-state index contributed by atoms with van der Waals surface area (Å²) in [6.07, 6.45) is -1.36. The topological polar surface area (TPSA) is 12.5 Å². The Morgan fingerprint density at radius 2 is 1.80 bits per heavy atom. The van der Waals surface area contributed by atoms with E-state index in [4.69, 9.17) is 0 Å². The molecule has 1 aliphatic rings. The van der Waals surface area contributed by atoms with Gasteiger partial charge in [-0.15, -0.1) is 0 Å². The van der Waals surface area contributed by atoms with Crippen LogP contribution in [0.5, 0.6) is 0 Å². The maximum absolute atomic E-state index is 12.2. The van der Waals surface area contributed by atoms with E-state index in [0.717, 1.165) is 5.56 Å². The summed E-state index contributed by atoms with van der Waals surface area (Å²) in [5.74, 6) is 0. The zero-order valence-corrected chi connectivity index (χ0v) is 5.33. The molecule has 0 N–H and O–H groups in total. The summed E-state index contributed by atoms with van der Waals surface area (Å²) in [6, 6.07) is 9.39. The first kappa shape index (κ1) is 5.86. The van der Waals surface area contributed by atoms with E-state index < -0.39 is 6.36 Å². The van der Waals surface area contributed by atoms with Crippen molar-refractivity contribution < 1.29 is 9.13 Å².